The average Bonchev–Trinajstić information content (AvgIpc) is 3.52. The van der Waals surface area contributed by atoms with Gasteiger partial charge in [0.1, 0.15) is 6.54 Å². The number of carbonyl (C=O) groups is 1. The molecule has 0 atom stereocenters. The SMILES string of the molecule is CCN(CC)S(=O)(=O)c1ccc(=O)n(CC(=O)Nc2cccc(-c3nnnn3C3CC3)c2)c1. The number of carbonyl (C=O) groups excluding carboxylic acids is 1. The first-order chi connectivity index (χ1) is 15.8. The molecule has 1 aromatic carbocycles. The predicted molar refractivity (Wildman–Crippen MR) is 121 cm³/mol. The van der Waals surface area contributed by atoms with E-state index in [2.05, 4.69) is 20.8 Å². The van der Waals surface area contributed by atoms with Crippen molar-refractivity contribution in [2.24, 2.45) is 0 Å². The van der Waals surface area contributed by atoms with E-state index in [1.54, 1.807) is 36.7 Å². The maximum Gasteiger partial charge on any atom is 0.251 e. The van der Waals surface area contributed by atoms with Crippen molar-refractivity contribution in [2.75, 3.05) is 18.4 Å². The molecule has 12 heteroatoms. The van der Waals surface area contributed by atoms with Crippen molar-refractivity contribution >= 4 is 21.6 Å². The van der Waals surface area contributed by atoms with E-state index in [1.165, 1.54) is 16.6 Å². The summed E-state index contributed by atoms with van der Waals surface area (Å²) in [6.45, 7) is 3.76. The van der Waals surface area contributed by atoms with E-state index in [4.69, 9.17) is 0 Å². The van der Waals surface area contributed by atoms with Crippen molar-refractivity contribution in [1.82, 2.24) is 29.1 Å². The van der Waals surface area contributed by atoms with Gasteiger partial charge in [0.15, 0.2) is 5.82 Å². The van der Waals surface area contributed by atoms with Crippen LogP contribution in [0.15, 0.2) is 52.3 Å². The summed E-state index contributed by atoms with van der Waals surface area (Å²) in [7, 11) is -3.75. The van der Waals surface area contributed by atoms with E-state index in [1.807, 2.05) is 6.07 Å². The Balaban J connectivity index is 1.52. The molecule has 0 unspecified atom stereocenters. The molecule has 3 aromatic rings. The third kappa shape index (κ3) is 4.86. The summed E-state index contributed by atoms with van der Waals surface area (Å²) in [5.41, 5.74) is 0.804. The van der Waals surface area contributed by atoms with Crippen LogP contribution in [0, 0.1) is 0 Å². The molecule has 33 heavy (non-hydrogen) atoms. The van der Waals surface area contributed by atoms with Crippen LogP contribution in [-0.2, 0) is 21.4 Å². The lowest BCUT2D eigenvalue weighted by atomic mass is 10.2. The van der Waals surface area contributed by atoms with Gasteiger partial charge >= 0.3 is 0 Å². The highest BCUT2D eigenvalue weighted by atomic mass is 32.2. The molecule has 174 valence electrons. The van der Waals surface area contributed by atoms with Crippen LogP contribution >= 0.6 is 0 Å². The maximum absolute atomic E-state index is 12.8. The number of benzene rings is 1. The Labute approximate surface area is 191 Å². The molecule has 0 bridgehead atoms. The zero-order valence-corrected chi connectivity index (χ0v) is 19.2. The van der Waals surface area contributed by atoms with Gasteiger partial charge in [-0.05, 0) is 41.5 Å². The van der Waals surface area contributed by atoms with Gasteiger partial charge < -0.3 is 9.88 Å². The molecular formula is C21H25N7O4S. The zero-order chi connectivity index (χ0) is 23.6. The van der Waals surface area contributed by atoms with Gasteiger partial charge in [0, 0.05) is 36.6 Å². The summed E-state index contributed by atoms with van der Waals surface area (Å²) >= 11 is 0. The molecule has 1 fully saturated rings. The molecule has 2 heterocycles. The molecule has 0 saturated heterocycles. The molecule has 4 rings (SSSR count). The Bertz CT molecular complexity index is 1320. The van der Waals surface area contributed by atoms with Crippen molar-refractivity contribution in [2.45, 2.75) is 44.2 Å². The third-order valence-electron chi connectivity index (χ3n) is 5.40. The van der Waals surface area contributed by atoms with Crippen molar-refractivity contribution in [3.05, 3.63) is 52.9 Å². The largest absolute Gasteiger partial charge is 0.325 e. The second-order valence-corrected chi connectivity index (χ2v) is 9.67. The smallest absolute Gasteiger partial charge is 0.251 e. The van der Waals surface area contributed by atoms with Gasteiger partial charge in [0.2, 0.25) is 15.9 Å². The third-order valence-corrected chi connectivity index (χ3v) is 7.44. The first-order valence-electron chi connectivity index (χ1n) is 10.7. The average molecular weight is 472 g/mol. The van der Waals surface area contributed by atoms with Gasteiger partial charge in [0.05, 0.1) is 10.9 Å². The van der Waals surface area contributed by atoms with Crippen LogP contribution in [0.1, 0.15) is 32.7 Å². The molecule has 0 spiro atoms. The minimum absolute atomic E-state index is 0.0347. The molecule has 0 aliphatic heterocycles. The number of amides is 1. The highest BCUT2D eigenvalue weighted by molar-refractivity contribution is 7.89. The summed E-state index contributed by atoms with van der Waals surface area (Å²) < 4.78 is 29.7. The fourth-order valence-corrected chi connectivity index (χ4v) is 5.02. The van der Waals surface area contributed by atoms with Crippen molar-refractivity contribution in [1.29, 1.82) is 0 Å². The number of hydrogen-bond acceptors (Lipinski definition) is 7. The minimum Gasteiger partial charge on any atom is -0.325 e. The Morgan fingerprint density at radius 1 is 1.18 bits per heavy atom. The van der Waals surface area contributed by atoms with Gasteiger partial charge in [-0.3, -0.25) is 9.59 Å². The first kappa shape index (κ1) is 22.8. The normalized spacial score (nSPS) is 13.9. The molecule has 1 saturated carbocycles. The standard InChI is InChI=1S/C21H25N7O4S/c1-3-27(4-2)33(31,32)18-10-11-20(30)26(13-18)14-19(29)22-16-7-5-6-15(12-16)21-23-24-25-28(21)17-8-9-17/h5-7,10-13,17H,3-4,8-9,14H2,1-2H3,(H,22,29). The molecule has 1 aliphatic rings. The van der Waals surface area contributed by atoms with Crippen molar-refractivity contribution in [3.8, 4) is 11.4 Å². The number of pyridine rings is 1. The highest BCUT2D eigenvalue weighted by Crippen LogP contribution is 2.36. The number of nitrogens with zero attached hydrogens (tertiary/aromatic N) is 6. The predicted octanol–water partition coefficient (Wildman–Crippen LogP) is 1.51. The van der Waals surface area contributed by atoms with Crippen molar-refractivity contribution < 1.29 is 13.2 Å². The second-order valence-electron chi connectivity index (χ2n) is 7.73. The van der Waals surface area contributed by atoms with Crippen molar-refractivity contribution in [3.63, 3.8) is 0 Å². The van der Waals surface area contributed by atoms with Crippen LogP contribution in [0.2, 0.25) is 0 Å². The van der Waals surface area contributed by atoms with Crippen LogP contribution in [0.3, 0.4) is 0 Å². The van der Waals surface area contributed by atoms with E-state index in [0.717, 1.165) is 29.0 Å². The van der Waals surface area contributed by atoms with Gasteiger partial charge in [-0.15, -0.1) is 5.10 Å². The molecule has 1 N–H and O–H groups in total. The summed E-state index contributed by atoms with van der Waals surface area (Å²) in [6.07, 6.45) is 3.27. The number of rotatable bonds is 9. The maximum atomic E-state index is 12.8. The lowest BCUT2D eigenvalue weighted by molar-refractivity contribution is -0.116. The van der Waals surface area contributed by atoms with Gasteiger partial charge in [-0.25, -0.2) is 13.1 Å². The quantitative estimate of drug-likeness (QED) is 0.500. The number of tetrazole rings is 1. The topological polar surface area (TPSA) is 132 Å². The molecule has 11 nitrogen and oxygen atoms in total. The van der Waals surface area contributed by atoms with E-state index >= 15 is 0 Å². The lowest BCUT2D eigenvalue weighted by Crippen LogP contribution is -2.33. The van der Waals surface area contributed by atoms with E-state index < -0.39 is 21.5 Å². The zero-order valence-electron chi connectivity index (χ0n) is 18.4. The molecule has 0 radical (unpaired) electrons. The molecule has 1 aliphatic carbocycles. The van der Waals surface area contributed by atoms with E-state index in [-0.39, 0.29) is 11.4 Å². The summed E-state index contributed by atoms with van der Waals surface area (Å²) in [4.78, 5) is 24.9. The number of aromatic nitrogens is 5. The first-order valence-corrected chi connectivity index (χ1v) is 12.2. The van der Waals surface area contributed by atoms with Crippen LogP contribution < -0.4 is 10.9 Å². The van der Waals surface area contributed by atoms with Crippen LogP contribution in [0.4, 0.5) is 5.69 Å². The minimum atomic E-state index is -3.75. The summed E-state index contributed by atoms with van der Waals surface area (Å²) in [5, 5.41) is 14.6. The van der Waals surface area contributed by atoms with Gasteiger partial charge in [-0.1, -0.05) is 26.0 Å². The Hall–Kier alpha value is -3.38. The Kier molecular flexibility index (Phi) is 6.38. The fraction of sp³-hybridized carbons (Fsp3) is 0.381. The molecule has 1 amide bonds. The van der Waals surface area contributed by atoms with Crippen LogP contribution in [-0.4, -0.2) is 56.5 Å². The lowest BCUT2D eigenvalue weighted by Gasteiger charge is -2.19. The van der Waals surface area contributed by atoms with Gasteiger partial charge in [-0.2, -0.15) is 4.31 Å². The Morgan fingerprint density at radius 3 is 2.64 bits per heavy atom. The molecule has 2 aromatic heterocycles. The number of nitrogens with one attached hydrogen (secondary N) is 1. The van der Waals surface area contributed by atoms with Crippen LogP contribution in [0.5, 0.6) is 0 Å². The summed E-state index contributed by atoms with van der Waals surface area (Å²) in [5.74, 6) is 0.160. The van der Waals surface area contributed by atoms with Gasteiger partial charge in [0.25, 0.3) is 5.56 Å². The van der Waals surface area contributed by atoms with E-state index in [9.17, 15) is 18.0 Å². The van der Waals surface area contributed by atoms with Crippen LogP contribution in [0.25, 0.3) is 11.4 Å². The fourth-order valence-electron chi connectivity index (χ4n) is 3.54. The second kappa shape index (κ2) is 9.24. The highest BCUT2D eigenvalue weighted by Gasteiger charge is 2.28. The van der Waals surface area contributed by atoms with E-state index in [0.29, 0.717) is 30.6 Å². The number of sulfonamides is 1. The summed E-state index contributed by atoms with van der Waals surface area (Å²) in [6, 6.07) is 9.83. The number of anilines is 1. The number of hydrogen-bond donors (Lipinski definition) is 1. The Morgan fingerprint density at radius 2 is 1.94 bits per heavy atom. The monoisotopic (exact) mass is 471 g/mol. The molecular weight excluding hydrogens is 446 g/mol.